The second-order valence-corrected chi connectivity index (χ2v) is 3.34. The summed E-state index contributed by atoms with van der Waals surface area (Å²) >= 11 is 0. The molecule has 0 aliphatic rings. The molecule has 0 N–H and O–H groups in total. The van der Waals surface area contributed by atoms with Crippen molar-refractivity contribution in [3.8, 4) is 0 Å². The van der Waals surface area contributed by atoms with Gasteiger partial charge >= 0.3 is 5.76 Å². The molecule has 2 rings (SSSR count). The van der Waals surface area contributed by atoms with Gasteiger partial charge in [-0.25, -0.2) is 9.18 Å². The van der Waals surface area contributed by atoms with Gasteiger partial charge in [-0.05, 0) is 18.6 Å². The highest BCUT2D eigenvalue weighted by Crippen LogP contribution is 2.17. The van der Waals surface area contributed by atoms with Crippen LogP contribution in [0.4, 0.5) is 4.39 Å². The Morgan fingerprint density at radius 1 is 1.60 bits per heavy atom. The number of aromatic nitrogens is 1. The van der Waals surface area contributed by atoms with Crippen molar-refractivity contribution in [1.29, 1.82) is 0 Å². The Labute approximate surface area is 85.4 Å². The number of rotatable bonds is 2. The Hall–Kier alpha value is -1.84. The fourth-order valence-corrected chi connectivity index (χ4v) is 1.49. The summed E-state index contributed by atoms with van der Waals surface area (Å²) in [6.07, 6.45) is 1.59. The molecule has 0 aliphatic carbocycles. The van der Waals surface area contributed by atoms with Gasteiger partial charge in [0.2, 0.25) is 0 Å². The van der Waals surface area contributed by atoms with Gasteiger partial charge in [-0.1, -0.05) is 6.08 Å². The van der Waals surface area contributed by atoms with Crippen LogP contribution in [0.15, 0.2) is 34.0 Å². The molecule has 0 fully saturated rings. The molecule has 78 valence electrons. The maximum absolute atomic E-state index is 13.2. The predicted octanol–water partition coefficient (Wildman–Crippen LogP) is 2.23. The maximum Gasteiger partial charge on any atom is 0.420 e. The first-order valence-corrected chi connectivity index (χ1v) is 4.54. The molecule has 0 atom stereocenters. The Kier molecular flexibility index (Phi) is 2.19. The maximum atomic E-state index is 13.2. The van der Waals surface area contributed by atoms with Crippen LogP contribution in [0.3, 0.4) is 0 Å². The summed E-state index contributed by atoms with van der Waals surface area (Å²) in [7, 11) is 0. The van der Waals surface area contributed by atoms with E-state index in [9.17, 15) is 9.18 Å². The molecular formula is C11H10FNO2. The normalized spacial score (nSPS) is 10.8. The number of hydrogen-bond acceptors (Lipinski definition) is 2. The van der Waals surface area contributed by atoms with E-state index in [1.807, 2.05) is 0 Å². The van der Waals surface area contributed by atoms with E-state index in [0.29, 0.717) is 17.6 Å². The lowest BCUT2D eigenvalue weighted by Crippen LogP contribution is -2.12. The number of benzene rings is 1. The average Bonchev–Trinajstić information content (AvgIpc) is 2.46. The minimum absolute atomic E-state index is 0.268. The van der Waals surface area contributed by atoms with Crippen LogP contribution in [-0.2, 0) is 6.54 Å². The molecule has 1 aromatic heterocycles. The largest absolute Gasteiger partial charge is 0.420 e. The van der Waals surface area contributed by atoms with Crippen molar-refractivity contribution in [1.82, 2.24) is 4.57 Å². The van der Waals surface area contributed by atoms with Crippen molar-refractivity contribution in [2.75, 3.05) is 0 Å². The van der Waals surface area contributed by atoms with E-state index in [1.54, 1.807) is 19.1 Å². The lowest BCUT2D eigenvalue weighted by molar-refractivity contribution is 0.517. The first kappa shape index (κ1) is 9.71. The van der Waals surface area contributed by atoms with Crippen LogP contribution in [0.5, 0.6) is 0 Å². The van der Waals surface area contributed by atoms with Crippen LogP contribution in [0.25, 0.3) is 11.1 Å². The molecular weight excluding hydrogens is 197 g/mol. The van der Waals surface area contributed by atoms with Crippen LogP contribution in [0.1, 0.15) is 5.56 Å². The van der Waals surface area contributed by atoms with Crippen molar-refractivity contribution in [2.45, 2.75) is 13.5 Å². The summed E-state index contributed by atoms with van der Waals surface area (Å²) in [4.78, 5) is 11.4. The lowest BCUT2D eigenvalue weighted by atomic mass is 10.2. The molecule has 4 heteroatoms. The summed E-state index contributed by atoms with van der Waals surface area (Å²) in [5.41, 5.74) is 1.35. The number of halogens is 1. The fraction of sp³-hybridized carbons (Fsp3) is 0.182. The Morgan fingerprint density at radius 2 is 2.33 bits per heavy atom. The number of aryl methyl sites for hydroxylation is 1. The molecule has 0 amide bonds. The van der Waals surface area contributed by atoms with Crippen LogP contribution in [0.2, 0.25) is 0 Å². The molecule has 15 heavy (non-hydrogen) atoms. The number of fused-ring (bicyclic) bond motifs is 1. The first-order valence-electron chi connectivity index (χ1n) is 4.54. The summed E-state index contributed by atoms with van der Waals surface area (Å²) in [5, 5.41) is 0. The second kappa shape index (κ2) is 3.38. The van der Waals surface area contributed by atoms with Crippen molar-refractivity contribution >= 4 is 11.1 Å². The number of hydrogen-bond donors (Lipinski definition) is 0. The van der Waals surface area contributed by atoms with Gasteiger partial charge in [-0.15, -0.1) is 6.58 Å². The quantitative estimate of drug-likeness (QED) is 0.708. The third-order valence-electron chi connectivity index (χ3n) is 2.26. The standard InChI is InChI=1S/C11H10FNO2/c1-3-4-13-9-5-7(2)8(12)6-10(9)15-11(13)14/h3,5-6H,1,4H2,2H3. The first-order chi connectivity index (χ1) is 7.13. The second-order valence-electron chi connectivity index (χ2n) is 3.34. The molecule has 3 nitrogen and oxygen atoms in total. The van der Waals surface area contributed by atoms with Crippen LogP contribution >= 0.6 is 0 Å². The van der Waals surface area contributed by atoms with Crippen molar-refractivity contribution in [3.63, 3.8) is 0 Å². The zero-order valence-electron chi connectivity index (χ0n) is 8.29. The van der Waals surface area contributed by atoms with Crippen LogP contribution < -0.4 is 5.76 Å². The van der Waals surface area contributed by atoms with Crippen molar-refractivity contribution < 1.29 is 8.81 Å². The van der Waals surface area contributed by atoms with E-state index in [2.05, 4.69) is 6.58 Å². The molecule has 1 aromatic carbocycles. The van der Waals surface area contributed by atoms with Gasteiger partial charge < -0.3 is 4.42 Å². The number of allylic oxidation sites excluding steroid dienone is 1. The minimum Gasteiger partial charge on any atom is -0.408 e. The van der Waals surface area contributed by atoms with Crippen molar-refractivity contribution in [2.24, 2.45) is 0 Å². The smallest absolute Gasteiger partial charge is 0.408 e. The monoisotopic (exact) mass is 207 g/mol. The van der Waals surface area contributed by atoms with Crippen LogP contribution in [-0.4, -0.2) is 4.57 Å². The van der Waals surface area contributed by atoms with E-state index >= 15 is 0 Å². The highest BCUT2D eigenvalue weighted by atomic mass is 19.1. The van der Waals surface area contributed by atoms with Gasteiger partial charge in [0.25, 0.3) is 0 Å². The van der Waals surface area contributed by atoms with E-state index in [-0.39, 0.29) is 11.4 Å². The van der Waals surface area contributed by atoms with E-state index in [4.69, 9.17) is 4.42 Å². The average molecular weight is 207 g/mol. The number of oxazole rings is 1. The van der Waals surface area contributed by atoms with Gasteiger partial charge in [0.05, 0.1) is 5.52 Å². The van der Waals surface area contributed by atoms with Gasteiger partial charge in [-0.2, -0.15) is 0 Å². The third kappa shape index (κ3) is 1.48. The van der Waals surface area contributed by atoms with Gasteiger partial charge in [0, 0.05) is 12.6 Å². The zero-order valence-corrected chi connectivity index (χ0v) is 8.29. The Bertz CT molecular complexity index is 580. The van der Waals surface area contributed by atoms with Crippen LogP contribution in [0, 0.1) is 12.7 Å². The summed E-state index contributed by atoms with van der Waals surface area (Å²) in [5.74, 6) is -0.864. The van der Waals surface area contributed by atoms with Gasteiger partial charge in [0.15, 0.2) is 5.58 Å². The van der Waals surface area contributed by atoms with Gasteiger partial charge in [-0.3, -0.25) is 4.57 Å². The molecule has 2 aromatic rings. The molecule has 0 radical (unpaired) electrons. The molecule has 0 saturated heterocycles. The topological polar surface area (TPSA) is 35.1 Å². The summed E-state index contributed by atoms with van der Waals surface area (Å²) < 4.78 is 19.5. The molecule has 0 unspecified atom stereocenters. The SMILES string of the molecule is C=CCn1c(=O)oc2cc(F)c(C)cc21. The highest BCUT2D eigenvalue weighted by Gasteiger charge is 2.10. The Balaban J connectivity index is 2.81. The lowest BCUT2D eigenvalue weighted by Gasteiger charge is -1.98. The van der Waals surface area contributed by atoms with Crippen molar-refractivity contribution in [3.05, 3.63) is 46.7 Å². The van der Waals surface area contributed by atoms with E-state index < -0.39 is 5.76 Å². The summed E-state index contributed by atoms with van der Waals surface area (Å²) in [6, 6.07) is 2.82. The zero-order chi connectivity index (χ0) is 11.0. The fourth-order valence-electron chi connectivity index (χ4n) is 1.49. The summed E-state index contributed by atoms with van der Waals surface area (Å²) in [6.45, 7) is 5.55. The minimum atomic E-state index is -0.491. The molecule has 0 spiro atoms. The Morgan fingerprint density at radius 3 is 3.00 bits per heavy atom. The van der Waals surface area contributed by atoms with Gasteiger partial charge in [0.1, 0.15) is 5.82 Å². The van der Waals surface area contributed by atoms with E-state index in [1.165, 1.54) is 10.6 Å². The highest BCUT2D eigenvalue weighted by molar-refractivity contribution is 5.74. The number of nitrogens with zero attached hydrogens (tertiary/aromatic N) is 1. The molecule has 0 bridgehead atoms. The van der Waals surface area contributed by atoms with E-state index in [0.717, 1.165) is 0 Å². The molecule has 0 aliphatic heterocycles. The molecule has 0 saturated carbocycles. The third-order valence-corrected chi connectivity index (χ3v) is 2.26. The predicted molar refractivity (Wildman–Crippen MR) is 55.4 cm³/mol. The molecule has 1 heterocycles.